The lowest BCUT2D eigenvalue weighted by Crippen LogP contribution is -2.30. The molecule has 6 nitrogen and oxygen atoms in total. The Hall–Kier alpha value is -0.960. The van der Waals surface area contributed by atoms with Crippen molar-refractivity contribution in [3.8, 4) is 0 Å². The van der Waals surface area contributed by atoms with Gasteiger partial charge in [-0.25, -0.2) is 13.6 Å². The first-order valence-electron chi connectivity index (χ1n) is 6.34. The summed E-state index contributed by atoms with van der Waals surface area (Å²) in [7, 11) is -2.25. The number of amides is 1. The predicted molar refractivity (Wildman–Crippen MR) is 83.7 cm³/mol. The van der Waals surface area contributed by atoms with Crippen LogP contribution in [0.4, 0.5) is 0 Å². The minimum Gasteiger partial charge on any atom is -0.380 e. The average molecular weight is 379 g/mol. The summed E-state index contributed by atoms with van der Waals surface area (Å²) in [6.07, 6.45) is 0. The van der Waals surface area contributed by atoms with E-state index in [1.165, 1.54) is 11.0 Å². The van der Waals surface area contributed by atoms with Crippen LogP contribution < -0.4 is 5.14 Å². The minimum atomic E-state index is -3.88. The third-order valence-corrected chi connectivity index (χ3v) is 4.83. The minimum absolute atomic E-state index is 0.0570. The van der Waals surface area contributed by atoms with Gasteiger partial charge in [-0.15, -0.1) is 0 Å². The number of carbonyl (C=O) groups excluding carboxylic acids is 1. The Kier molecular flexibility index (Phi) is 6.33. The van der Waals surface area contributed by atoms with Crippen molar-refractivity contribution >= 4 is 31.9 Å². The summed E-state index contributed by atoms with van der Waals surface area (Å²) in [5.74, 6) is -0.291. The Balaban J connectivity index is 3.09. The molecule has 0 atom stereocenters. The number of sulfonamides is 1. The van der Waals surface area contributed by atoms with Crippen molar-refractivity contribution < 1.29 is 17.9 Å². The van der Waals surface area contributed by atoms with Crippen molar-refractivity contribution in [2.45, 2.75) is 18.7 Å². The van der Waals surface area contributed by atoms with E-state index < -0.39 is 10.0 Å². The zero-order valence-corrected chi connectivity index (χ0v) is 14.6. The molecule has 8 heteroatoms. The first-order valence-corrected chi connectivity index (χ1v) is 8.68. The van der Waals surface area contributed by atoms with E-state index in [2.05, 4.69) is 15.9 Å². The zero-order valence-electron chi connectivity index (χ0n) is 12.2. The van der Waals surface area contributed by atoms with Crippen LogP contribution >= 0.6 is 15.9 Å². The van der Waals surface area contributed by atoms with Gasteiger partial charge in [0.05, 0.1) is 11.5 Å². The monoisotopic (exact) mass is 378 g/mol. The summed E-state index contributed by atoms with van der Waals surface area (Å²) in [5.41, 5.74) is 0.738. The van der Waals surface area contributed by atoms with E-state index in [-0.39, 0.29) is 16.4 Å². The van der Waals surface area contributed by atoms with Gasteiger partial charge in [0.25, 0.3) is 5.91 Å². The van der Waals surface area contributed by atoms with Gasteiger partial charge < -0.3 is 9.64 Å². The molecule has 0 aliphatic carbocycles. The number of hydrogen-bond donors (Lipinski definition) is 1. The molecule has 0 unspecified atom stereocenters. The first-order chi connectivity index (χ1) is 9.68. The number of rotatable bonds is 6. The molecule has 0 bridgehead atoms. The predicted octanol–water partition coefficient (Wildman–Crippen LogP) is 1.51. The summed E-state index contributed by atoms with van der Waals surface area (Å²) in [6, 6.07) is 2.89. The molecule has 0 heterocycles. The molecule has 2 N–H and O–H groups in total. The molecular weight excluding hydrogens is 360 g/mol. The molecule has 21 heavy (non-hydrogen) atoms. The van der Waals surface area contributed by atoms with E-state index in [1.807, 2.05) is 6.92 Å². The van der Waals surface area contributed by atoms with Gasteiger partial charge in [-0.2, -0.15) is 0 Å². The summed E-state index contributed by atoms with van der Waals surface area (Å²) in [5, 5.41) is 5.18. The summed E-state index contributed by atoms with van der Waals surface area (Å²) < 4.78 is 28.9. The molecule has 0 aliphatic rings. The van der Waals surface area contributed by atoms with Gasteiger partial charge in [-0.3, -0.25) is 4.79 Å². The Morgan fingerprint density at radius 1 is 1.43 bits per heavy atom. The summed E-state index contributed by atoms with van der Waals surface area (Å²) in [6.45, 7) is 4.92. The highest BCUT2D eigenvalue weighted by atomic mass is 79.9. The molecule has 1 rings (SSSR count). The Morgan fingerprint density at radius 3 is 2.57 bits per heavy atom. The molecule has 0 saturated carbocycles. The lowest BCUT2D eigenvalue weighted by Gasteiger charge is -2.18. The lowest BCUT2D eigenvalue weighted by atomic mass is 10.1. The molecular formula is C13H19BrN2O4S. The van der Waals surface area contributed by atoms with Crippen molar-refractivity contribution in [3.05, 3.63) is 27.7 Å². The second kappa shape index (κ2) is 7.35. The molecule has 0 fully saturated rings. The van der Waals surface area contributed by atoms with E-state index in [1.54, 1.807) is 20.0 Å². The molecule has 118 valence electrons. The smallest absolute Gasteiger partial charge is 0.253 e. The number of hydrogen-bond acceptors (Lipinski definition) is 4. The lowest BCUT2D eigenvalue weighted by molar-refractivity contribution is 0.0709. The van der Waals surface area contributed by atoms with Gasteiger partial charge in [0.15, 0.2) is 0 Å². The fraction of sp³-hybridized carbons (Fsp3) is 0.462. The van der Waals surface area contributed by atoms with Gasteiger partial charge in [0.2, 0.25) is 10.0 Å². The molecule has 0 radical (unpaired) electrons. The standard InChI is InChI=1S/C13H19BrN2O4S/c1-4-20-6-5-16(3)13(17)10-7-11(14)9(2)12(8-10)21(15,18)19/h7-8H,4-6H2,1-3H3,(H2,15,18,19). The van der Waals surface area contributed by atoms with Crippen LogP contribution in [-0.2, 0) is 14.8 Å². The van der Waals surface area contributed by atoms with Gasteiger partial charge >= 0.3 is 0 Å². The van der Waals surface area contributed by atoms with Crippen molar-refractivity contribution in [1.29, 1.82) is 0 Å². The Labute approximate surface area is 133 Å². The topological polar surface area (TPSA) is 89.7 Å². The van der Waals surface area contributed by atoms with E-state index in [0.717, 1.165) is 0 Å². The number of nitrogens with zero attached hydrogens (tertiary/aromatic N) is 1. The van der Waals surface area contributed by atoms with E-state index in [4.69, 9.17) is 9.88 Å². The van der Waals surface area contributed by atoms with Crippen LogP contribution in [0.1, 0.15) is 22.8 Å². The van der Waals surface area contributed by atoms with Crippen LogP contribution in [0, 0.1) is 6.92 Å². The van der Waals surface area contributed by atoms with Crippen molar-refractivity contribution in [1.82, 2.24) is 4.90 Å². The van der Waals surface area contributed by atoms with E-state index >= 15 is 0 Å². The zero-order chi connectivity index (χ0) is 16.2. The van der Waals surface area contributed by atoms with Crippen LogP contribution in [0.5, 0.6) is 0 Å². The van der Waals surface area contributed by atoms with Gasteiger partial charge in [0.1, 0.15) is 0 Å². The highest BCUT2D eigenvalue weighted by Gasteiger charge is 2.19. The highest BCUT2D eigenvalue weighted by molar-refractivity contribution is 9.10. The van der Waals surface area contributed by atoms with Crippen LogP contribution in [0.2, 0.25) is 0 Å². The van der Waals surface area contributed by atoms with Crippen molar-refractivity contribution in [3.63, 3.8) is 0 Å². The van der Waals surface area contributed by atoms with Crippen LogP contribution in [0.3, 0.4) is 0 Å². The number of carbonyl (C=O) groups is 1. The third-order valence-electron chi connectivity index (χ3n) is 2.97. The summed E-state index contributed by atoms with van der Waals surface area (Å²) in [4.78, 5) is 13.7. The number of halogens is 1. The third kappa shape index (κ3) is 4.77. The number of likely N-dealkylation sites (N-methyl/N-ethyl adjacent to an activating group) is 1. The highest BCUT2D eigenvalue weighted by Crippen LogP contribution is 2.25. The normalized spacial score (nSPS) is 11.5. The summed E-state index contributed by atoms with van der Waals surface area (Å²) >= 11 is 3.26. The van der Waals surface area contributed by atoms with Gasteiger partial charge in [-0.1, -0.05) is 15.9 Å². The number of ether oxygens (including phenoxy) is 1. The quantitative estimate of drug-likeness (QED) is 0.759. The fourth-order valence-corrected chi connectivity index (χ4v) is 3.16. The molecule has 1 amide bonds. The maximum Gasteiger partial charge on any atom is 0.253 e. The average Bonchev–Trinajstić information content (AvgIpc) is 2.39. The molecule has 1 aromatic rings. The molecule has 0 aromatic heterocycles. The largest absolute Gasteiger partial charge is 0.380 e. The van der Waals surface area contributed by atoms with Crippen LogP contribution in [0.25, 0.3) is 0 Å². The number of primary sulfonamides is 1. The maximum absolute atomic E-state index is 12.3. The molecule has 0 saturated heterocycles. The SMILES string of the molecule is CCOCCN(C)C(=O)c1cc(Br)c(C)c(S(N)(=O)=O)c1. The molecule has 0 spiro atoms. The molecule has 1 aromatic carbocycles. The van der Waals surface area contributed by atoms with E-state index in [9.17, 15) is 13.2 Å². The number of benzene rings is 1. The van der Waals surface area contributed by atoms with Crippen LogP contribution in [0.15, 0.2) is 21.5 Å². The molecule has 0 aliphatic heterocycles. The van der Waals surface area contributed by atoms with Crippen molar-refractivity contribution in [2.75, 3.05) is 26.8 Å². The first kappa shape index (κ1) is 18.1. The number of nitrogens with two attached hydrogens (primary N) is 1. The van der Waals surface area contributed by atoms with Gasteiger partial charge in [0, 0.05) is 30.2 Å². The van der Waals surface area contributed by atoms with Gasteiger partial charge in [-0.05, 0) is 31.5 Å². The fourth-order valence-electron chi connectivity index (χ4n) is 1.74. The maximum atomic E-state index is 12.3. The second-order valence-corrected chi connectivity index (χ2v) is 6.93. The van der Waals surface area contributed by atoms with Crippen LogP contribution in [-0.4, -0.2) is 46.0 Å². The second-order valence-electron chi connectivity index (χ2n) is 4.55. The van der Waals surface area contributed by atoms with Crippen molar-refractivity contribution in [2.24, 2.45) is 5.14 Å². The van der Waals surface area contributed by atoms with E-state index in [0.29, 0.717) is 29.8 Å². The Bertz CT molecular complexity index is 631. The Morgan fingerprint density at radius 2 is 2.05 bits per heavy atom.